The molecular weight excluding hydrogens is 1650 g/mol. The maximum atomic E-state index is 13.0. The van der Waals surface area contributed by atoms with Crippen molar-refractivity contribution in [2.75, 3.05) is 134 Å². The molecule has 12 rings (SSSR count). The lowest BCUT2D eigenvalue weighted by Crippen LogP contribution is -2.50. The van der Waals surface area contributed by atoms with Crippen LogP contribution in [-0.2, 0) is 4.74 Å². The van der Waals surface area contributed by atoms with Crippen LogP contribution in [0.1, 0.15) is 121 Å². The van der Waals surface area contributed by atoms with Gasteiger partial charge in [0.2, 0.25) is 11.9 Å². The molecule has 652 valence electrons. The summed E-state index contributed by atoms with van der Waals surface area (Å²) in [4.78, 5) is 103. The third-order valence-corrected chi connectivity index (χ3v) is 21.0. The van der Waals surface area contributed by atoms with Crippen LogP contribution in [0.5, 0.6) is 0 Å². The molecule has 0 bridgehead atoms. The number of nitrogens with one attached hydrogen (secondary N) is 3. The number of aliphatic hydroxyl groups is 4. The number of aliphatic hydroxyl groups excluding tert-OH is 4. The zero-order valence-electron chi connectivity index (χ0n) is 67.9. The number of methoxy groups -OCH3 is 1. The second-order valence-electron chi connectivity index (χ2n) is 26.6. The van der Waals surface area contributed by atoms with E-state index in [4.69, 9.17) is 45.8 Å². The third kappa shape index (κ3) is 37.1. The van der Waals surface area contributed by atoms with Gasteiger partial charge in [-0.25, -0.2) is 34.5 Å². The number of unbranched alkanes of at least 4 members (excludes halogenated alkanes) is 4. The molecule has 33 heteroatoms. The van der Waals surface area contributed by atoms with E-state index in [1.54, 1.807) is 147 Å². The quantitative estimate of drug-likeness (QED) is 0.00266. The van der Waals surface area contributed by atoms with Crippen LogP contribution in [0.15, 0.2) is 248 Å². The fraction of sp³-hybridized carbons (Fsp3) is 0.315. The number of furan rings is 2. The number of benzene rings is 6. The average molecular weight is 1760 g/mol. The molecule has 2 saturated heterocycles. The fourth-order valence-electron chi connectivity index (χ4n) is 10.9. The molecule has 4 aromatic heterocycles. The van der Waals surface area contributed by atoms with E-state index < -0.39 is 5.97 Å². The van der Waals surface area contributed by atoms with Crippen LogP contribution in [0.4, 0.5) is 29.0 Å². The monoisotopic (exact) mass is 1760 g/mol. The summed E-state index contributed by atoms with van der Waals surface area (Å²) in [5.74, 6) is 3.95. The van der Waals surface area contributed by atoms with Gasteiger partial charge in [-0.1, -0.05) is 31.7 Å². The van der Waals surface area contributed by atoms with E-state index in [-0.39, 0.29) is 80.7 Å². The predicted molar refractivity (Wildman–Crippen MR) is 491 cm³/mol. The van der Waals surface area contributed by atoms with Crippen molar-refractivity contribution in [2.45, 2.75) is 73.5 Å². The van der Waals surface area contributed by atoms with Gasteiger partial charge in [0.05, 0.1) is 47.8 Å². The minimum atomic E-state index is -0.959. The Morgan fingerprint density at radius 3 is 1.30 bits per heavy atom. The number of piperazine rings is 2. The predicted octanol–water partition coefficient (Wildman–Crippen LogP) is 14.7. The van der Waals surface area contributed by atoms with Crippen LogP contribution in [0.3, 0.4) is 0 Å². The van der Waals surface area contributed by atoms with Gasteiger partial charge in [-0.05, 0) is 232 Å². The molecule has 0 aliphatic carbocycles. The Morgan fingerprint density at radius 1 is 0.525 bits per heavy atom. The molecule has 0 spiro atoms. The number of aromatic nitrogens is 4. The van der Waals surface area contributed by atoms with Crippen molar-refractivity contribution >= 4 is 131 Å². The number of amides is 3. The summed E-state index contributed by atoms with van der Waals surface area (Å²) in [5.41, 5.74) is 18.0. The average Bonchev–Trinajstić information content (AvgIpc) is 1.21. The number of esters is 1. The van der Waals surface area contributed by atoms with Gasteiger partial charge in [0.1, 0.15) is 0 Å². The summed E-state index contributed by atoms with van der Waals surface area (Å²) < 4.78 is 14.8. The molecule has 0 radical (unpaired) electrons. The Hall–Kier alpha value is -11.0. The number of hydrogen-bond donors (Lipinski definition) is 11. The highest BCUT2D eigenvalue weighted by molar-refractivity contribution is 7.99. The summed E-state index contributed by atoms with van der Waals surface area (Å²) in [6, 6.07) is 54.7. The number of nitrogens with two attached hydrogens (primary N) is 2. The molecule has 2 fully saturated rings. The zero-order chi connectivity index (χ0) is 86.1. The van der Waals surface area contributed by atoms with Crippen molar-refractivity contribution in [1.29, 1.82) is 0 Å². The molecule has 2 aliphatic heterocycles. The number of rotatable bonds is 33. The Balaban J connectivity index is 0.000000282. The molecule has 0 atom stereocenters. The number of ether oxygens (including phenoxy) is 1. The number of carbonyl (C=O) groups excluding carboxylic acids is 5. The molecule has 12 N–H and O–H groups in total. The fourth-order valence-corrected chi connectivity index (χ4v) is 13.9. The second kappa shape index (κ2) is 58.1. The van der Waals surface area contributed by atoms with E-state index >= 15 is 0 Å². The lowest BCUT2D eigenvalue weighted by Gasteiger charge is -2.34. The van der Waals surface area contributed by atoms with Crippen LogP contribution in [0, 0.1) is 0 Å². The number of nitrogens with zero attached hydrogens (tertiary/aromatic N) is 9. The smallest absolute Gasteiger partial charge is 0.337 e. The van der Waals surface area contributed by atoms with Crippen LogP contribution in [0.25, 0.3) is 22.5 Å². The Morgan fingerprint density at radius 2 is 0.918 bits per heavy atom. The Labute approximate surface area is 737 Å². The number of thiol groups is 1. The molecule has 0 saturated carbocycles. The maximum Gasteiger partial charge on any atom is 0.337 e. The number of hydrogen-bond acceptors (Lipinski definition) is 26. The van der Waals surface area contributed by atoms with Gasteiger partial charge in [-0.2, -0.15) is 12.6 Å². The second-order valence-corrected chi connectivity index (χ2v) is 30.6. The maximum absolute atomic E-state index is 13.0. The Bertz CT molecular complexity index is 4720. The van der Waals surface area contributed by atoms with Gasteiger partial charge in [0.15, 0.2) is 23.3 Å². The zero-order valence-corrected chi connectivity index (χ0v) is 72.1. The summed E-state index contributed by atoms with van der Waals surface area (Å²) >= 11 is 9.25. The minimum Gasteiger partial charge on any atom is -0.478 e. The number of thioether (sulfide) groups is 3. The molecule has 3 amide bonds. The molecule has 0 unspecified atom stereocenters. The first-order valence-electron chi connectivity index (χ1n) is 39.0. The van der Waals surface area contributed by atoms with Crippen LogP contribution in [-0.4, -0.2) is 229 Å². The lowest BCUT2D eigenvalue weighted by molar-refractivity contribution is 0.0518. The number of aromatic carboxylic acids is 1. The number of halogens is 1. The summed E-state index contributed by atoms with van der Waals surface area (Å²) in [6.07, 6.45) is 17.2. The number of carboxylic acids is 1. The molecule has 10 aromatic rings. The lowest BCUT2D eigenvalue weighted by atomic mass is 10.1. The number of carboxylic acid groups (broad SMARTS) is 1. The summed E-state index contributed by atoms with van der Waals surface area (Å²) in [5, 5.41) is 53.1. The molecule has 122 heavy (non-hydrogen) atoms. The summed E-state index contributed by atoms with van der Waals surface area (Å²) in [7, 11) is 5.10. The number of ketones is 1. The van der Waals surface area contributed by atoms with Crippen LogP contribution < -0.4 is 27.4 Å². The molecule has 2 aliphatic rings. The normalized spacial score (nSPS) is 11.9. The summed E-state index contributed by atoms with van der Waals surface area (Å²) in [6.45, 7) is 6.17. The van der Waals surface area contributed by atoms with E-state index in [9.17, 15) is 28.8 Å². The largest absolute Gasteiger partial charge is 0.478 e. The van der Waals surface area contributed by atoms with E-state index in [1.807, 2.05) is 91.8 Å². The molecule has 28 nitrogen and oxygen atoms in total. The molecule has 6 aromatic carbocycles. The first-order chi connectivity index (χ1) is 58.3. The van der Waals surface area contributed by atoms with Gasteiger partial charge in [-0.15, -0.1) is 47.7 Å². The minimum absolute atomic E-state index is 0. The van der Waals surface area contributed by atoms with Gasteiger partial charge in [0.25, 0.3) is 17.7 Å². The van der Waals surface area contributed by atoms with Crippen LogP contribution in [0.2, 0.25) is 0 Å². The third-order valence-electron chi connectivity index (χ3n) is 17.3. The van der Waals surface area contributed by atoms with E-state index in [0.29, 0.717) is 78.6 Å². The number of aliphatic imine (C=N–C) groups is 1. The van der Waals surface area contributed by atoms with Crippen molar-refractivity contribution in [2.24, 2.45) is 16.5 Å². The number of carbonyl (C=O) groups is 6. The van der Waals surface area contributed by atoms with Crippen molar-refractivity contribution in [3.8, 4) is 22.5 Å². The van der Waals surface area contributed by atoms with Gasteiger partial charge in [0, 0.05) is 166 Å². The van der Waals surface area contributed by atoms with E-state index in [2.05, 4.69) is 82.5 Å². The number of anilines is 4. The Kier molecular flexibility index (Phi) is 48.3. The highest BCUT2D eigenvalue weighted by Crippen LogP contribution is 2.29. The van der Waals surface area contributed by atoms with Gasteiger partial charge in [-0.3, -0.25) is 19.2 Å². The molecule has 6 heterocycles. The first kappa shape index (κ1) is 102. The van der Waals surface area contributed by atoms with E-state index in [0.717, 1.165) is 139 Å². The SMILES string of the molecule is C.CN(C)/C=C/C(=O)c1ccc(SCCCCO)cc1.COC(=O)c1ccc(N=C(N)N)cc1.Cl.O=C(O)c1ccc(Nc2nccc(-c3ccc(SCCCCO)cc3)n2)cc1.O=C(c1ccc(Nc2nccc(-c3ccc(SCCCCO)cc3)n2)cc1)N1CCN(C(=O)c2ccco2)CC1.O=C(c1ccco1)N1CCNCC1.OCCCCS. The highest BCUT2D eigenvalue weighted by atomic mass is 35.5. The van der Waals surface area contributed by atoms with Crippen molar-refractivity contribution in [3.05, 3.63) is 253 Å². The molecular formula is C89H111ClN14O14S4. The van der Waals surface area contributed by atoms with Gasteiger partial charge < -0.3 is 86.1 Å². The van der Waals surface area contributed by atoms with Gasteiger partial charge >= 0.3 is 11.9 Å². The number of allylic oxidation sites excluding steroid dienone is 1. The standard InChI is InChI=1S/C30H31N5O4S.C21H21N3O3S.C15H21NO2S.C9H11N3O2.C9H12N2O2.C4H10OS.CH4.ClH/c36-19-1-2-21-40-25-11-7-22(8-12-25)26-13-14-31-30(33-26)32-24-9-5-23(6-10-24)28(37)34-15-17-35(18-16-34)29(38)27-4-3-20-39-27;25-13-1-2-14-28-18-9-5-15(6-10-18)19-11-12-22-21(24-19)23-17-7-3-16(4-8-17)20(26)27;1-16(2)10-9-15(18)13-5-7-14(8-6-13)19-12-4-3-11-17;1-14-8(13)6-2-4-7(5-3-6)12-9(10)11;12-9(8-2-1-7-13-8)11-5-3-10-4-6-11;5-3-1-2-4-6;;/h3-14,20,36H,1-2,15-19,21H2,(H,31,32,33);3-12,25H,1-2,13-14H2,(H,26,27)(H,22,23,24);5-10,17H,3-4,11-12H2,1-2H3;2-5H,1H3,(H4,10,11,12);1-2,7,10H,3-6H2;5-6H,1-4H2;1H4;1H/b;;10-9+;;;;;. The van der Waals surface area contributed by atoms with Crippen molar-refractivity contribution < 1.29 is 67.9 Å². The van der Waals surface area contributed by atoms with Crippen molar-refractivity contribution in [1.82, 2.24) is 44.9 Å². The topological polar surface area (TPSA) is 404 Å². The van der Waals surface area contributed by atoms with E-state index in [1.165, 1.54) is 41.6 Å². The number of guanidine groups is 1. The highest BCUT2D eigenvalue weighted by Gasteiger charge is 2.27. The first-order valence-corrected chi connectivity index (χ1v) is 42.6. The van der Waals surface area contributed by atoms with Crippen molar-refractivity contribution in [3.63, 3.8) is 0 Å². The van der Waals surface area contributed by atoms with Crippen LogP contribution >= 0.6 is 60.3 Å².